The number of rotatable bonds is 2. The van der Waals surface area contributed by atoms with E-state index in [-0.39, 0.29) is 77.1 Å². The largest absolute Gasteiger partial charge is 1.00 e. The van der Waals surface area contributed by atoms with Crippen molar-refractivity contribution in [3.8, 4) is 22.9 Å². The Hall–Kier alpha value is -1.58. The standard InChI is InChI=1S/C22H17N2O6.Rb/c1-3-22(27-2)14-6-16-19-12(8-24(16)20(25)13(14)9-28-21(22)26)4-11-5-17-18(30-10-29-17)7-15(11)23-19;/h5-7H,3,8-10H2,1-2H3;/q-1;+1/t22-;/m0./s1. The van der Waals surface area contributed by atoms with Crippen LogP contribution in [0.1, 0.15) is 30.0 Å². The van der Waals surface area contributed by atoms with E-state index in [9.17, 15) is 9.59 Å². The van der Waals surface area contributed by atoms with Gasteiger partial charge in [-0.25, -0.2) is 4.79 Å². The molecule has 0 saturated carbocycles. The van der Waals surface area contributed by atoms with Gasteiger partial charge in [-0.05, 0) is 24.1 Å². The number of ether oxygens (including phenoxy) is 4. The van der Waals surface area contributed by atoms with Crippen molar-refractivity contribution in [2.75, 3.05) is 13.9 Å². The summed E-state index contributed by atoms with van der Waals surface area (Å²) in [6, 6.07) is 8.88. The number of carbonyl (C=O) groups is 1. The van der Waals surface area contributed by atoms with Gasteiger partial charge in [0.25, 0.3) is 5.56 Å². The first-order chi connectivity index (χ1) is 14.6. The van der Waals surface area contributed by atoms with Crippen molar-refractivity contribution in [1.29, 1.82) is 0 Å². The minimum absolute atomic E-state index is 0. The number of benzene rings is 1. The van der Waals surface area contributed by atoms with E-state index in [4.69, 9.17) is 23.9 Å². The van der Waals surface area contributed by atoms with Crippen LogP contribution in [0.4, 0.5) is 0 Å². The molecule has 0 amide bonds. The zero-order valence-corrected chi connectivity index (χ0v) is 22.3. The molecular weight excluding hydrogens is 474 g/mol. The number of aromatic nitrogens is 2. The molecule has 0 radical (unpaired) electrons. The van der Waals surface area contributed by atoms with E-state index in [1.54, 1.807) is 4.57 Å². The van der Waals surface area contributed by atoms with Gasteiger partial charge in [-0.3, -0.25) is 4.79 Å². The van der Waals surface area contributed by atoms with E-state index in [0.717, 1.165) is 10.9 Å². The van der Waals surface area contributed by atoms with E-state index in [0.29, 0.717) is 52.5 Å². The van der Waals surface area contributed by atoms with Crippen LogP contribution in [-0.2, 0) is 33.0 Å². The molecule has 31 heavy (non-hydrogen) atoms. The molecular formula is C22H17N2O6Rb. The molecule has 0 bridgehead atoms. The third-order valence-corrected chi connectivity index (χ3v) is 6.21. The normalized spacial score (nSPS) is 20.0. The topological polar surface area (TPSA) is 88.9 Å². The van der Waals surface area contributed by atoms with Crippen molar-refractivity contribution in [1.82, 2.24) is 9.55 Å². The first-order valence-corrected chi connectivity index (χ1v) is 9.71. The van der Waals surface area contributed by atoms with E-state index in [2.05, 4.69) is 6.07 Å². The number of fused-ring (bicyclic) bond motifs is 6. The maximum absolute atomic E-state index is 13.3. The van der Waals surface area contributed by atoms with Gasteiger partial charge in [-0.1, -0.05) is 18.6 Å². The predicted molar refractivity (Wildman–Crippen MR) is 104 cm³/mol. The van der Waals surface area contributed by atoms with E-state index in [1.807, 2.05) is 25.1 Å². The molecule has 0 aliphatic carbocycles. The first kappa shape index (κ1) is 21.3. The van der Waals surface area contributed by atoms with Gasteiger partial charge >= 0.3 is 64.2 Å². The minimum Gasteiger partial charge on any atom is -0.463 e. The second-order valence-electron chi connectivity index (χ2n) is 7.56. The molecule has 3 aromatic rings. The number of esters is 1. The summed E-state index contributed by atoms with van der Waals surface area (Å²) in [4.78, 5) is 30.7. The fraction of sp³-hybridized carbons (Fsp3) is 0.318. The Bertz CT molecular complexity index is 1330. The van der Waals surface area contributed by atoms with Crippen LogP contribution < -0.4 is 73.2 Å². The number of carbonyl (C=O) groups excluding carboxylic acids is 1. The third-order valence-electron chi connectivity index (χ3n) is 6.21. The number of hydrogen-bond donors (Lipinski definition) is 0. The van der Waals surface area contributed by atoms with E-state index >= 15 is 0 Å². The second-order valence-corrected chi connectivity index (χ2v) is 7.56. The summed E-state index contributed by atoms with van der Waals surface area (Å²) in [6.45, 7) is 2.31. The molecule has 0 spiro atoms. The van der Waals surface area contributed by atoms with E-state index in [1.165, 1.54) is 7.11 Å². The summed E-state index contributed by atoms with van der Waals surface area (Å²) in [5, 5.41) is 0.793. The summed E-state index contributed by atoms with van der Waals surface area (Å²) in [7, 11) is 1.46. The number of pyridine rings is 2. The molecule has 2 aromatic heterocycles. The van der Waals surface area contributed by atoms with Crippen LogP contribution in [0.5, 0.6) is 11.5 Å². The Morgan fingerprint density at radius 2 is 1.97 bits per heavy atom. The van der Waals surface area contributed by atoms with Crippen molar-refractivity contribution in [2.24, 2.45) is 0 Å². The Morgan fingerprint density at radius 1 is 1.19 bits per heavy atom. The van der Waals surface area contributed by atoms with E-state index < -0.39 is 11.6 Å². The number of nitrogens with zero attached hydrogens (tertiary/aromatic N) is 2. The molecule has 6 rings (SSSR count). The van der Waals surface area contributed by atoms with Gasteiger partial charge in [-0.2, -0.15) is 0 Å². The average molecular weight is 491 g/mol. The molecule has 0 saturated heterocycles. The number of cyclic esters (lactones) is 1. The van der Waals surface area contributed by atoms with Crippen LogP contribution in [0.15, 0.2) is 23.0 Å². The molecule has 8 nitrogen and oxygen atoms in total. The predicted octanol–water partition coefficient (Wildman–Crippen LogP) is -0.733. The number of methoxy groups -OCH3 is 1. The fourth-order valence-electron chi connectivity index (χ4n) is 4.60. The molecule has 1 atom stereocenters. The smallest absolute Gasteiger partial charge is 0.463 e. The van der Waals surface area contributed by atoms with Gasteiger partial charge < -0.3 is 28.5 Å². The summed E-state index contributed by atoms with van der Waals surface area (Å²) in [5.41, 5.74) is 2.33. The molecule has 5 heterocycles. The van der Waals surface area contributed by atoms with Crippen molar-refractivity contribution in [2.45, 2.75) is 32.1 Å². The summed E-state index contributed by atoms with van der Waals surface area (Å²) in [6.07, 6.45) is 0.353. The van der Waals surface area contributed by atoms with Crippen molar-refractivity contribution in [3.63, 3.8) is 0 Å². The van der Waals surface area contributed by atoms with Gasteiger partial charge in [0.05, 0.1) is 5.56 Å². The monoisotopic (exact) mass is 490 g/mol. The summed E-state index contributed by atoms with van der Waals surface area (Å²) in [5.74, 6) is 0.816. The maximum Gasteiger partial charge on any atom is 1.00 e. The zero-order valence-electron chi connectivity index (χ0n) is 17.4. The van der Waals surface area contributed by atoms with Crippen LogP contribution in [0.2, 0.25) is 0 Å². The fourth-order valence-corrected chi connectivity index (χ4v) is 4.60. The van der Waals surface area contributed by atoms with Crippen LogP contribution in [-0.4, -0.2) is 29.4 Å². The average Bonchev–Trinajstić information content (AvgIpc) is 3.35. The molecule has 0 unspecified atom stereocenters. The van der Waals surface area contributed by atoms with Gasteiger partial charge in [0.2, 0.25) is 6.79 Å². The van der Waals surface area contributed by atoms with Crippen LogP contribution in [0, 0.1) is 6.07 Å². The molecule has 3 aliphatic heterocycles. The molecule has 0 fully saturated rings. The zero-order chi connectivity index (χ0) is 20.6. The Labute approximate surface area is 226 Å². The third kappa shape index (κ3) is 2.85. The molecule has 3 aliphatic rings. The van der Waals surface area contributed by atoms with Gasteiger partial charge in [0, 0.05) is 30.6 Å². The van der Waals surface area contributed by atoms with Crippen LogP contribution in [0.25, 0.3) is 22.3 Å². The van der Waals surface area contributed by atoms with Crippen LogP contribution >= 0.6 is 0 Å². The number of hydrogen-bond acceptors (Lipinski definition) is 7. The summed E-state index contributed by atoms with van der Waals surface area (Å²) >= 11 is 0. The van der Waals surface area contributed by atoms with Crippen LogP contribution in [0.3, 0.4) is 0 Å². The molecule has 152 valence electrons. The Morgan fingerprint density at radius 3 is 2.71 bits per heavy atom. The Kier molecular flexibility index (Phi) is 5.14. The van der Waals surface area contributed by atoms with Gasteiger partial charge in [-0.15, -0.1) is 11.5 Å². The SMILES string of the molecule is CC[C@@]1(OC)C(=O)OCc2c1cc1n(c2=O)Cc2[c-]c3cc4c(cc3nc2-1)OCO4.[Rb+]. The minimum atomic E-state index is -1.29. The van der Waals surface area contributed by atoms with Gasteiger partial charge in [0.1, 0.15) is 18.1 Å². The Balaban J connectivity index is 0.00000204. The van der Waals surface area contributed by atoms with Gasteiger partial charge in [0.15, 0.2) is 5.60 Å². The first-order valence-electron chi connectivity index (χ1n) is 9.71. The van der Waals surface area contributed by atoms with Crippen molar-refractivity contribution >= 4 is 16.9 Å². The van der Waals surface area contributed by atoms with Crippen molar-refractivity contribution in [3.05, 3.63) is 51.3 Å². The quantitative estimate of drug-likeness (QED) is 0.270. The maximum atomic E-state index is 13.3. The molecule has 9 heteroatoms. The molecule has 1 aromatic carbocycles. The second kappa shape index (κ2) is 7.49. The summed E-state index contributed by atoms with van der Waals surface area (Å²) < 4.78 is 23.5. The molecule has 0 N–H and O–H groups in total. The van der Waals surface area contributed by atoms with Crippen molar-refractivity contribution < 1.29 is 81.9 Å².